The zero-order valence-corrected chi connectivity index (χ0v) is 15.6. The lowest BCUT2D eigenvalue weighted by atomic mass is 9.99. The van der Waals surface area contributed by atoms with Crippen LogP contribution in [-0.4, -0.2) is 29.8 Å². The summed E-state index contributed by atoms with van der Waals surface area (Å²) in [5.41, 5.74) is -0.298. The van der Waals surface area contributed by atoms with Gasteiger partial charge in [0.05, 0.1) is 18.2 Å². The lowest BCUT2D eigenvalue weighted by molar-refractivity contribution is -0.137. The minimum absolute atomic E-state index is 0.0315. The smallest absolute Gasteiger partial charge is 0.348 e. The van der Waals surface area contributed by atoms with E-state index in [1.54, 1.807) is 11.0 Å². The van der Waals surface area contributed by atoms with Gasteiger partial charge in [0.1, 0.15) is 0 Å². The molecule has 0 spiro atoms. The van der Waals surface area contributed by atoms with Gasteiger partial charge in [0.15, 0.2) is 0 Å². The Labute approximate surface area is 158 Å². The molecule has 1 unspecified atom stereocenters. The van der Waals surface area contributed by atoms with Gasteiger partial charge in [-0.05, 0) is 37.0 Å². The largest absolute Gasteiger partial charge is 0.416 e. The number of likely N-dealkylation sites (tertiary alicyclic amines) is 1. The van der Waals surface area contributed by atoms with Crippen LogP contribution in [0.5, 0.6) is 0 Å². The third kappa shape index (κ3) is 6.56. The molecule has 2 amide bonds. The molecule has 1 heterocycles. The summed E-state index contributed by atoms with van der Waals surface area (Å²) in [5, 5.41) is 2.82. The molecule has 0 radical (unpaired) electrons. The molecule has 0 bridgehead atoms. The second-order valence-electron chi connectivity index (χ2n) is 7.01. The normalized spacial score (nSPS) is 17.2. The summed E-state index contributed by atoms with van der Waals surface area (Å²) >= 11 is 0. The molecule has 7 heteroatoms. The predicted molar refractivity (Wildman–Crippen MR) is 96.9 cm³/mol. The molecule has 0 aromatic heterocycles. The molecule has 1 aliphatic heterocycles. The molecule has 0 saturated carbocycles. The van der Waals surface area contributed by atoms with Gasteiger partial charge in [-0.3, -0.25) is 9.59 Å². The minimum atomic E-state index is -4.42. The highest BCUT2D eigenvalue weighted by molar-refractivity contribution is 5.85. The van der Waals surface area contributed by atoms with Gasteiger partial charge < -0.3 is 10.2 Å². The Bertz CT molecular complexity index is 646. The van der Waals surface area contributed by atoms with Crippen molar-refractivity contribution in [3.63, 3.8) is 0 Å². The maximum absolute atomic E-state index is 13.0. The van der Waals surface area contributed by atoms with Crippen molar-refractivity contribution in [3.8, 4) is 0 Å². The molecule has 1 aromatic carbocycles. The van der Waals surface area contributed by atoms with Crippen LogP contribution in [0.25, 0.3) is 0 Å². The Morgan fingerprint density at radius 2 is 1.96 bits per heavy atom. The fourth-order valence-corrected chi connectivity index (χ4v) is 3.34. The molecule has 27 heavy (non-hydrogen) atoms. The minimum Gasteiger partial charge on any atom is -0.348 e. The van der Waals surface area contributed by atoms with Crippen LogP contribution in [0.4, 0.5) is 13.2 Å². The number of carbonyl (C=O) groups is 2. The number of halogens is 3. The van der Waals surface area contributed by atoms with Crippen molar-refractivity contribution < 1.29 is 22.8 Å². The van der Waals surface area contributed by atoms with E-state index in [1.807, 2.05) is 6.92 Å². The van der Waals surface area contributed by atoms with Crippen molar-refractivity contribution >= 4 is 11.8 Å². The Hall–Kier alpha value is -2.05. The number of hydrogen-bond acceptors (Lipinski definition) is 2. The van der Waals surface area contributed by atoms with Gasteiger partial charge in [0, 0.05) is 13.0 Å². The summed E-state index contributed by atoms with van der Waals surface area (Å²) < 4.78 is 38.9. The molecule has 2 rings (SSSR count). The number of benzene rings is 1. The van der Waals surface area contributed by atoms with E-state index in [0.29, 0.717) is 31.4 Å². The number of nitrogens with one attached hydrogen (secondary N) is 1. The first kappa shape index (κ1) is 21.3. The van der Waals surface area contributed by atoms with E-state index in [9.17, 15) is 22.8 Å². The second-order valence-corrected chi connectivity index (χ2v) is 7.01. The van der Waals surface area contributed by atoms with Crippen LogP contribution in [0.2, 0.25) is 0 Å². The standard InChI is InChI=1S/C20H27F3N2O2/c1-2-8-17(15-9-7-10-16(13-15)20(21,22)23)24-18(26)14-25-12-6-4-3-5-11-19(25)27/h7,9-10,13,17H,2-6,8,11-12,14H2,1H3,(H,24,26). The first-order chi connectivity index (χ1) is 12.8. The van der Waals surface area contributed by atoms with Crippen molar-refractivity contribution in [2.24, 2.45) is 0 Å². The van der Waals surface area contributed by atoms with Crippen LogP contribution in [0.15, 0.2) is 24.3 Å². The fraction of sp³-hybridized carbons (Fsp3) is 0.600. The summed E-state index contributed by atoms with van der Waals surface area (Å²) in [7, 11) is 0. The highest BCUT2D eigenvalue weighted by Gasteiger charge is 2.31. The molecule has 1 N–H and O–H groups in total. The predicted octanol–water partition coefficient (Wildman–Crippen LogP) is 4.46. The van der Waals surface area contributed by atoms with Gasteiger partial charge in [-0.2, -0.15) is 13.2 Å². The van der Waals surface area contributed by atoms with E-state index < -0.39 is 17.8 Å². The zero-order valence-electron chi connectivity index (χ0n) is 15.6. The molecule has 4 nitrogen and oxygen atoms in total. The van der Waals surface area contributed by atoms with Gasteiger partial charge >= 0.3 is 6.18 Å². The SMILES string of the molecule is CCCC(NC(=O)CN1CCCCCCC1=O)c1cccc(C(F)(F)F)c1. The van der Waals surface area contributed by atoms with Crippen molar-refractivity contribution in [2.45, 2.75) is 64.1 Å². The monoisotopic (exact) mass is 384 g/mol. The highest BCUT2D eigenvalue weighted by Crippen LogP contribution is 2.31. The van der Waals surface area contributed by atoms with E-state index >= 15 is 0 Å². The first-order valence-electron chi connectivity index (χ1n) is 9.55. The number of alkyl halides is 3. The van der Waals surface area contributed by atoms with Crippen LogP contribution in [0, 0.1) is 0 Å². The van der Waals surface area contributed by atoms with E-state index in [2.05, 4.69) is 5.32 Å². The fourth-order valence-electron chi connectivity index (χ4n) is 3.34. The molecule has 1 aromatic rings. The van der Waals surface area contributed by atoms with Crippen LogP contribution < -0.4 is 5.32 Å². The highest BCUT2D eigenvalue weighted by atomic mass is 19.4. The van der Waals surface area contributed by atoms with Gasteiger partial charge in [-0.1, -0.05) is 38.3 Å². The maximum atomic E-state index is 13.0. The summed E-state index contributed by atoms with van der Waals surface area (Å²) in [6, 6.07) is 4.55. The molecular formula is C20H27F3N2O2. The van der Waals surface area contributed by atoms with Crippen LogP contribution in [0.3, 0.4) is 0 Å². The molecule has 1 saturated heterocycles. The second kappa shape index (κ2) is 9.76. The molecule has 1 atom stereocenters. The van der Waals surface area contributed by atoms with E-state index in [1.165, 1.54) is 6.07 Å². The molecule has 0 aliphatic carbocycles. The molecular weight excluding hydrogens is 357 g/mol. The van der Waals surface area contributed by atoms with E-state index in [4.69, 9.17) is 0 Å². The van der Waals surface area contributed by atoms with Gasteiger partial charge in [-0.25, -0.2) is 0 Å². The van der Waals surface area contributed by atoms with E-state index in [0.717, 1.165) is 37.8 Å². The first-order valence-corrected chi connectivity index (χ1v) is 9.55. The van der Waals surface area contributed by atoms with Gasteiger partial charge in [0.2, 0.25) is 11.8 Å². The Balaban J connectivity index is 2.06. The van der Waals surface area contributed by atoms with Crippen molar-refractivity contribution in [3.05, 3.63) is 35.4 Å². The Kier molecular flexibility index (Phi) is 7.68. The number of rotatable bonds is 6. The lowest BCUT2D eigenvalue weighted by Crippen LogP contribution is -2.42. The van der Waals surface area contributed by atoms with Crippen LogP contribution in [-0.2, 0) is 15.8 Å². The summed E-state index contributed by atoms with van der Waals surface area (Å²) in [6.07, 6.45) is 1.02. The van der Waals surface area contributed by atoms with Crippen molar-refractivity contribution in [2.75, 3.05) is 13.1 Å². The summed E-state index contributed by atoms with van der Waals surface area (Å²) in [5.74, 6) is -0.365. The quantitative estimate of drug-likeness (QED) is 0.787. The lowest BCUT2D eigenvalue weighted by Gasteiger charge is -2.26. The van der Waals surface area contributed by atoms with Crippen molar-refractivity contribution in [1.29, 1.82) is 0 Å². The van der Waals surface area contributed by atoms with Crippen LogP contribution in [0.1, 0.15) is 69.0 Å². The molecule has 150 valence electrons. The Morgan fingerprint density at radius 1 is 1.22 bits per heavy atom. The average Bonchev–Trinajstić information content (AvgIpc) is 2.60. The summed E-state index contributed by atoms with van der Waals surface area (Å²) in [6.45, 7) is 2.42. The van der Waals surface area contributed by atoms with Gasteiger partial charge in [-0.15, -0.1) is 0 Å². The summed E-state index contributed by atoms with van der Waals surface area (Å²) in [4.78, 5) is 26.2. The van der Waals surface area contributed by atoms with Gasteiger partial charge in [0.25, 0.3) is 0 Å². The number of hydrogen-bond donors (Lipinski definition) is 1. The maximum Gasteiger partial charge on any atom is 0.416 e. The van der Waals surface area contributed by atoms with E-state index in [-0.39, 0.29) is 18.4 Å². The third-order valence-corrected chi connectivity index (χ3v) is 4.78. The molecule has 1 fully saturated rings. The third-order valence-electron chi connectivity index (χ3n) is 4.78. The van der Waals surface area contributed by atoms with Crippen LogP contribution >= 0.6 is 0 Å². The number of amides is 2. The molecule has 1 aliphatic rings. The Morgan fingerprint density at radius 3 is 2.67 bits per heavy atom. The number of nitrogens with zero attached hydrogens (tertiary/aromatic N) is 1. The van der Waals surface area contributed by atoms with Crippen molar-refractivity contribution in [1.82, 2.24) is 10.2 Å². The zero-order chi connectivity index (χ0) is 19.9. The topological polar surface area (TPSA) is 49.4 Å². The number of carbonyl (C=O) groups excluding carboxylic acids is 2. The average molecular weight is 384 g/mol.